The van der Waals surface area contributed by atoms with Crippen LogP contribution in [0.15, 0.2) is 42.5 Å². The van der Waals surface area contributed by atoms with Crippen molar-refractivity contribution in [2.45, 2.75) is 0 Å². The fourth-order valence-corrected chi connectivity index (χ4v) is 2.79. The molecule has 0 amide bonds. The summed E-state index contributed by atoms with van der Waals surface area (Å²) < 4.78 is 26.8. The highest BCUT2D eigenvalue weighted by molar-refractivity contribution is 6.35. The molecule has 3 aromatic rings. The molecular weight excluding hydrogens is 367 g/mol. The second kappa shape index (κ2) is 6.67. The molecule has 2 aromatic carbocycles. The first-order chi connectivity index (χ1) is 11.9. The summed E-state index contributed by atoms with van der Waals surface area (Å²) in [4.78, 5) is 4.19. The minimum absolute atomic E-state index is 0.0456. The van der Waals surface area contributed by atoms with Gasteiger partial charge in [0.1, 0.15) is 17.5 Å². The maximum absolute atomic E-state index is 13.6. The summed E-state index contributed by atoms with van der Waals surface area (Å²) in [6.45, 7) is 0. The van der Waals surface area contributed by atoms with Gasteiger partial charge in [0.05, 0.1) is 10.7 Å². The summed E-state index contributed by atoms with van der Waals surface area (Å²) in [5.74, 6) is -2.06. The van der Waals surface area contributed by atoms with Gasteiger partial charge in [0, 0.05) is 16.1 Å². The van der Waals surface area contributed by atoms with Crippen LogP contribution < -0.4 is 5.73 Å². The lowest BCUT2D eigenvalue weighted by molar-refractivity contribution is 0.509. The van der Waals surface area contributed by atoms with Crippen molar-refractivity contribution >= 4 is 29.0 Å². The van der Waals surface area contributed by atoms with Crippen molar-refractivity contribution in [3.8, 4) is 28.5 Å². The Hall–Kier alpha value is -2.68. The van der Waals surface area contributed by atoms with E-state index >= 15 is 0 Å². The Bertz CT molecular complexity index is 1030. The summed E-state index contributed by atoms with van der Waals surface area (Å²) in [7, 11) is 0. The van der Waals surface area contributed by atoms with Crippen LogP contribution in [0.25, 0.3) is 22.4 Å². The number of aromatic nitrogens is 1. The fraction of sp³-hybridized carbons (Fsp3) is 0. The van der Waals surface area contributed by atoms with E-state index in [2.05, 4.69) is 4.98 Å². The van der Waals surface area contributed by atoms with E-state index in [0.29, 0.717) is 32.4 Å². The quantitative estimate of drug-likeness (QED) is 0.647. The Balaban J connectivity index is 2.28. The van der Waals surface area contributed by atoms with Gasteiger partial charge in [-0.05, 0) is 42.0 Å². The summed E-state index contributed by atoms with van der Waals surface area (Å²) in [6, 6.07) is 11.6. The minimum Gasteiger partial charge on any atom is -0.383 e. The molecule has 3 nitrogen and oxygen atoms in total. The van der Waals surface area contributed by atoms with Gasteiger partial charge >= 0.3 is 0 Å². The Labute approximate surface area is 152 Å². The Morgan fingerprint density at radius 1 is 0.960 bits per heavy atom. The zero-order valence-corrected chi connectivity index (χ0v) is 14.0. The zero-order chi connectivity index (χ0) is 18.1. The highest BCUT2D eigenvalue weighted by atomic mass is 35.5. The van der Waals surface area contributed by atoms with Gasteiger partial charge in [0.15, 0.2) is 11.6 Å². The third-order valence-corrected chi connectivity index (χ3v) is 4.16. The average molecular weight is 376 g/mol. The average Bonchev–Trinajstić information content (AvgIpc) is 2.58. The Morgan fingerprint density at radius 3 is 2.40 bits per heavy atom. The minimum atomic E-state index is -1.03. The van der Waals surface area contributed by atoms with Crippen LogP contribution in [0.5, 0.6) is 0 Å². The van der Waals surface area contributed by atoms with E-state index in [-0.39, 0.29) is 11.4 Å². The van der Waals surface area contributed by atoms with Crippen LogP contribution in [0.3, 0.4) is 0 Å². The first kappa shape index (κ1) is 17.2. The molecule has 0 bridgehead atoms. The van der Waals surface area contributed by atoms with Crippen LogP contribution in [-0.4, -0.2) is 4.98 Å². The van der Waals surface area contributed by atoms with E-state index in [1.165, 1.54) is 6.07 Å². The highest BCUT2D eigenvalue weighted by Crippen LogP contribution is 2.35. The van der Waals surface area contributed by atoms with Crippen molar-refractivity contribution in [3.05, 3.63) is 69.7 Å². The van der Waals surface area contributed by atoms with Crippen molar-refractivity contribution in [1.29, 1.82) is 5.26 Å². The van der Waals surface area contributed by atoms with Crippen molar-refractivity contribution in [3.63, 3.8) is 0 Å². The van der Waals surface area contributed by atoms with E-state index in [9.17, 15) is 14.0 Å². The van der Waals surface area contributed by atoms with E-state index in [1.807, 2.05) is 6.07 Å². The second-order valence-corrected chi connectivity index (χ2v) is 6.02. The number of pyridine rings is 1. The van der Waals surface area contributed by atoms with E-state index < -0.39 is 11.6 Å². The predicted molar refractivity (Wildman–Crippen MR) is 94.2 cm³/mol. The summed E-state index contributed by atoms with van der Waals surface area (Å²) in [5, 5.41) is 10.2. The van der Waals surface area contributed by atoms with Crippen LogP contribution in [0.1, 0.15) is 5.56 Å². The lowest BCUT2D eigenvalue weighted by Crippen LogP contribution is -2.00. The largest absolute Gasteiger partial charge is 0.383 e. The number of benzene rings is 2. The molecule has 124 valence electrons. The molecule has 0 saturated carbocycles. The molecule has 0 aliphatic carbocycles. The van der Waals surface area contributed by atoms with E-state index in [4.69, 9.17) is 28.9 Å². The smallest absolute Gasteiger partial charge is 0.159 e. The number of anilines is 1. The van der Waals surface area contributed by atoms with Crippen molar-refractivity contribution in [2.24, 2.45) is 0 Å². The van der Waals surface area contributed by atoms with Gasteiger partial charge in [0.25, 0.3) is 0 Å². The fourth-order valence-electron chi connectivity index (χ4n) is 2.41. The van der Waals surface area contributed by atoms with Gasteiger partial charge in [-0.2, -0.15) is 5.26 Å². The Kier molecular flexibility index (Phi) is 4.58. The maximum atomic E-state index is 13.6. The van der Waals surface area contributed by atoms with E-state index in [0.717, 1.165) is 12.1 Å². The predicted octanol–water partition coefficient (Wildman–Crippen LogP) is 5.45. The van der Waals surface area contributed by atoms with Crippen LogP contribution in [-0.2, 0) is 0 Å². The summed E-state index contributed by atoms with van der Waals surface area (Å²) in [6.07, 6.45) is 0. The van der Waals surface area contributed by atoms with Crippen LogP contribution in [0.4, 0.5) is 14.6 Å². The SMILES string of the molecule is N#Cc1c(-c2ccc(F)c(F)c2)cc(-c2cc(Cl)ccc2Cl)nc1N. The standard InChI is InChI=1S/C18H9Cl2F2N3/c19-10-2-3-14(20)12(6-10)17-7-11(13(8-23)18(24)25-17)9-1-4-15(21)16(22)5-9/h1-7H,(H2,24,25). The van der Waals surface area contributed by atoms with Crippen molar-refractivity contribution < 1.29 is 8.78 Å². The lowest BCUT2D eigenvalue weighted by atomic mass is 9.98. The molecule has 0 radical (unpaired) electrons. The first-order valence-corrected chi connectivity index (χ1v) is 7.77. The number of rotatable bonds is 2. The molecule has 0 aliphatic heterocycles. The second-order valence-electron chi connectivity index (χ2n) is 5.18. The number of hydrogen-bond donors (Lipinski definition) is 1. The lowest BCUT2D eigenvalue weighted by Gasteiger charge is -2.11. The van der Waals surface area contributed by atoms with Gasteiger partial charge in [-0.25, -0.2) is 13.8 Å². The first-order valence-electron chi connectivity index (χ1n) is 7.02. The summed E-state index contributed by atoms with van der Waals surface area (Å²) >= 11 is 12.2. The molecule has 7 heteroatoms. The number of nitrogens with zero attached hydrogens (tertiary/aromatic N) is 2. The van der Waals surface area contributed by atoms with Gasteiger partial charge in [0.2, 0.25) is 0 Å². The third kappa shape index (κ3) is 3.27. The molecule has 0 fully saturated rings. The normalized spacial score (nSPS) is 10.5. The van der Waals surface area contributed by atoms with E-state index in [1.54, 1.807) is 24.3 Å². The molecule has 1 aromatic heterocycles. The molecule has 0 saturated heterocycles. The molecule has 0 aliphatic rings. The maximum Gasteiger partial charge on any atom is 0.159 e. The topological polar surface area (TPSA) is 62.7 Å². The molecule has 2 N–H and O–H groups in total. The van der Waals surface area contributed by atoms with Crippen LogP contribution in [0.2, 0.25) is 10.0 Å². The van der Waals surface area contributed by atoms with Crippen LogP contribution in [0, 0.1) is 23.0 Å². The number of nitriles is 1. The Morgan fingerprint density at radius 2 is 1.72 bits per heavy atom. The monoisotopic (exact) mass is 375 g/mol. The van der Waals surface area contributed by atoms with Crippen LogP contribution >= 0.6 is 23.2 Å². The molecule has 25 heavy (non-hydrogen) atoms. The highest BCUT2D eigenvalue weighted by Gasteiger charge is 2.16. The summed E-state index contributed by atoms with van der Waals surface area (Å²) in [5.41, 5.74) is 7.44. The number of halogens is 4. The third-order valence-electron chi connectivity index (χ3n) is 3.59. The molecule has 0 atom stereocenters. The molecule has 0 unspecified atom stereocenters. The number of nitrogen functional groups attached to an aromatic ring is 1. The molecule has 0 spiro atoms. The van der Waals surface area contributed by atoms with Crippen molar-refractivity contribution in [2.75, 3.05) is 5.73 Å². The molecular formula is C18H9Cl2F2N3. The van der Waals surface area contributed by atoms with Gasteiger partial charge in [-0.1, -0.05) is 29.3 Å². The van der Waals surface area contributed by atoms with Gasteiger partial charge in [-0.3, -0.25) is 0 Å². The van der Waals surface area contributed by atoms with Gasteiger partial charge in [-0.15, -0.1) is 0 Å². The molecule has 1 heterocycles. The number of nitrogens with two attached hydrogens (primary N) is 1. The number of hydrogen-bond acceptors (Lipinski definition) is 3. The van der Waals surface area contributed by atoms with Crippen molar-refractivity contribution in [1.82, 2.24) is 4.98 Å². The zero-order valence-electron chi connectivity index (χ0n) is 12.5. The van der Waals surface area contributed by atoms with Gasteiger partial charge < -0.3 is 5.73 Å². The molecule has 3 rings (SSSR count).